The van der Waals surface area contributed by atoms with E-state index in [1.54, 1.807) is 0 Å². The van der Waals surface area contributed by atoms with Crippen LogP contribution in [0.2, 0.25) is 0 Å². The minimum atomic E-state index is -3.32. The van der Waals surface area contributed by atoms with E-state index in [4.69, 9.17) is 14.2 Å². The van der Waals surface area contributed by atoms with Crippen molar-refractivity contribution in [3.05, 3.63) is 0 Å². The average molecular weight is 577 g/mol. The van der Waals surface area contributed by atoms with Crippen LogP contribution >= 0.6 is 0 Å². The van der Waals surface area contributed by atoms with Crippen molar-refractivity contribution in [3.8, 4) is 0 Å². The lowest BCUT2D eigenvalue weighted by Crippen LogP contribution is -2.75. The second-order valence-electron chi connectivity index (χ2n) is 11.2. The van der Waals surface area contributed by atoms with Crippen LogP contribution < -0.4 is 0 Å². The summed E-state index contributed by atoms with van der Waals surface area (Å²) in [5.41, 5.74) is 0. The number of aliphatic hydroxyl groups is 5. The fraction of sp³-hybridized carbons (Fsp3) is 0.933. The maximum Gasteiger partial charge on any atom is 0.399 e. The Labute approximate surface area is 240 Å². The zero-order valence-electron chi connectivity index (χ0n) is 24.9. The van der Waals surface area contributed by atoms with Crippen LogP contribution in [-0.4, -0.2) is 74.2 Å². The molecule has 1 heterocycles. The molecule has 0 spiro atoms. The molecule has 40 heavy (non-hydrogen) atoms. The molecule has 1 rings (SSSR count). The van der Waals surface area contributed by atoms with Crippen LogP contribution in [0.25, 0.3) is 0 Å². The Bertz CT molecular complexity index is 689. The molecule has 0 radical (unpaired) electrons. The molecule has 1 fully saturated rings. The fourth-order valence-electron chi connectivity index (χ4n) is 4.94. The highest BCUT2D eigenvalue weighted by molar-refractivity contribution is 5.71. The highest BCUT2D eigenvalue weighted by Gasteiger charge is 2.70. The van der Waals surface area contributed by atoms with Crippen molar-refractivity contribution < 1.29 is 49.3 Å². The van der Waals surface area contributed by atoms with Crippen LogP contribution in [0.4, 0.5) is 0 Å². The van der Waals surface area contributed by atoms with E-state index in [0.717, 1.165) is 51.4 Å². The van der Waals surface area contributed by atoms with Gasteiger partial charge in [-0.05, 0) is 12.8 Å². The molecular weight excluding hydrogens is 520 g/mol. The highest BCUT2D eigenvalue weighted by atomic mass is 16.9. The number of ether oxygens (including phenoxy) is 3. The third-order valence-corrected chi connectivity index (χ3v) is 7.54. The van der Waals surface area contributed by atoms with E-state index in [9.17, 15) is 35.1 Å². The molecule has 236 valence electrons. The van der Waals surface area contributed by atoms with E-state index in [-0.39, 0.29) is 12.8 Å². The SMILES string of the molecule is CCCCCCCCCCCC(=O)OC1(O)O[C@H](CO)[C@@H](O)[C@H](O)[C@@]1(O)OC(=O)CCCCCCCCCCC. The molecule has 5 N–H and O–H groups in total. The van der Waals surface area contributed by atoms with E-state index in [1.165, 1.54) is 51.4 Å². The van der Waals surface area contributed by atoms with Gasteiger partial charge in [0.25, 0.3) is 0 Å². The van der Waals surface area contributed by atoms with Crippen molar-refractivity contribution in [2.45, 2.75) is 172 Å². The molecule has 1 aliphatic rings. The zero-order chi connectivity index (χ0) is 29.9. The van der Waals surface area contributed by atoms with Gasteiger partial charge in [-0.2, -0.15) is 0 Å². The Morgan fingerprint density at radius 1 is 0.650 bits per heavy atom. The molecule has 0 aromatic rings. The Kier molecular flexibility index (Phi) is 18.9. The number of esters is 2. The van der Waals surface area contributed by atoms with Crippen molar-refractivity contribution in [1.29, 1.82) is 0 Å². The highest BCUT2D eigenvalue weighted by Crippen LogP contribution is 2.39. The lowest BCUT2D eigenvalue weighted by Gasteiger charge is -2.49. The molecule has 0 saturated carbocycles. The molecule has 5 atom stereocenters. The number of hydrogen-bond donors (Lipinski definition) is 5. The van der Waals surface area contributed by atoms with Crippen LogP contribution in [-0.2, 0) is 23.8 Å². The molecule has 10 heteroatoms. The Hall–Kier alpha value is -1.30. The molecule has 0 amide bonds. The quantitative estimate of drug-likeness (QED) is 0.0671. The smallest absolute Gasteiger partial charge is 0.399 e. The largest absolute Gasteiger partial charge is 0.420 e. The minimum absolute atomic E-state index is 0.105. The van der Waals surface area contributed by atoms with Crippen LogP contribution in [0.3, 0.4) is 0 Å². The van der Waals surface area contributed by atoms with Crippen molar-refractivity contribution in [1.82, 2.24) is 0 Å². The van der Waals surface area contributed by atoms with Crippen LogP contribution in [0.15, 0.2) is 0 Å². The van der Waals surface area contributed by atoms with Crippen molar-refractivity contribution in [3.63, 3.8) is 0 Å². The summed E-state index contributed by atoms with van der Waals surface area (Å²) in [7, 11) is 0. The van der Waals surface area contributed by atoms with Gasteiger partial charge in [0.15, 0.2) is 6.10 Å². The number of unbranched alkanes of at least 4 members (excludes halogenated alkanes) is 16. The summed E-state index contributed by atoms with van der Waals surface area (Å²) in [5, 5.41) is 52.4. The summed E-state index contributed by atoms with van der Waals surface area (Å²) >= 11 is 0. The van der Waals surface area contributed by atoms with Crippen molar-refractivity contribution in [2.24, 2.45) is 0 Å². The van der Waals surface area contributed by atoms with Crippen molar-refractivity contribution >= 4 is 11.9 Å². The van der Waals surface area contributed by atoms with Crippen molar-refractivity contribution in [2.75, 3.05) is 6.61 Å². The normalized spacial score (nSPS) is 26.5. The number of carbonyl (C=O) groups is 2. The van der Waals surface area contributed by atoms with E-state index in [0.29, 0.717) is 12.8 Å². The molecule has 0 bridgehead atoms. The molecule has 1 aliphatic heterocycles. The Morgan fingerprint density at radius 2 is 1.02 bits per heavy atom. The molecular formula is C30H56O10. The first-order chi connectivity index (χ1) is 19.1. The number of carbonyl (C=O) groups excluding carboxylic acids is 2. The monoisotopic (exact) mass is 576 g/mol. The average Bonchev–Trinajstić information content (AvgIpc) is 2.92. The third-order valence-electron chi connectivity index (χ3n) is 7.54. The maximum absolute atomic E-state index is 12.5. The molecule has 0 aromatic carbocycles. The molecule has 0 aromatic heterocycles. The Morgan fingerprint density at radius 3 is 1.43 bits per heavy atom. The van der Waals surface area contributed by atoms with Crippen LogP contribution in [0.1, 0.15) is 142 Å². The second kappa shape index (κ2) is 20.6. The molecule has 0 aliphatic carbocycles. The van der Waals surface area contributed by atoms with E-state index in [2.05, 4.69) is 13.8 Å². The first-order valence-electron chi connectivity index (χ1n) is 15.7. The van der Waals surface area contributed by atoms with Gasteiger partial charge < -0.3 is 39.7 Å². The van der Waals surface area contributed by atoms with Gasteiger partial charge in [0, 0.05) is 12.8 Å². The molecule has 1 saturated heterocycles. The maximum atomic E-state index is 12.5. The fourth-order valence-corrected chi connectivity index (χ4v) is 4.94. The van der Waals surface area contributed by atoms with Crippen LogP contribution in [0, 0.1) is 0 Å². The Balaban J connectivity index is 2.59. The first-order valence-corrected chi connectivity index (χ1v) is 15.7. The number of rotatable bonds is 23. The van der Waals surface area contributed by atoms with Gasteiger partial charge in [-0.25, -0.2) is 0 Å². The predicted molar refractivity (Wildman–Crippen MR) is 150 cm³/mol. The van der Waals surface area contributed by atoms with Gasteiger partial charge in [-0.15, -0.1) is 0 Å². The molecule has 10 nitrogen and oxygen atoms in total. The third kappa shape index (κ3) is 12.7. The summed E-state index contributed by atoms with van der Waals surface area (Å²) in [6.45, 7) is 3.48. The summed E-state index contributed by atoms with van der Waals surface area (Å²) in [5.74, 6) is -8.51. The minimum Gasteiger partial charge on any atom is -0.420 e. The van der Waals surface area contributed by atoms with Gasteiger partial charge in [-0.3, -0.25) is 9.59 Å². The number of hydrogen-bond acceptors (Lipinski definition) is 10. The lowest BCUT2D eigenvalue weighted by atomic mass is 9.94. The van der Waals surface area contributed by atoms with E-state index < -0.39 is 48.6 Å². The summed E-state index contributed by atoms with van der Waals surface area (Å²) < 4.78 is 15.1. The standard InChI is InChI=1S/C30H56O10/c1-3-5-7-9-11-13-15-17-19-21-25(32)39-29(36)28(35)27(34)24(23-31)38-30(29,37)40-26(33)22-20-18-16-14-12-10-8-6-4-2/h24,27-28,31,34-37H,3-23H2,1-2H3/t24-,27-,28+,29-,30?/m1/s1. The predicted octanol–water partition coefficient (Wildman–Crippen LogP) is 4.36. The first kappa shape index (κ1) is 36.7. The zero-order valence-corrected chi connectivity index (χ0v) is 24.9. The van der Waals surface area contributed by atoms with E-state index in [1.807, 2.05) is 0 Å². The second-order valence-corrected chi connectivity index (χ2v) is 11.2. The summed E-state index contributed by atoms with van der Waals surface area (Å²) in [6.07, 6.45) is 12.3. The summed E-state index contributed by atoms with van der Waals surface area (Å²) in [4.78, 5) is 25.0. The summed E-state index contributed by atoms with van der Waals surface area (Å²) in [6, 6.07) is 0. The van der Waals surface area contributed by atoms with Gasteiger partial charge in [0.05, 0.1) is 6.61 Å². The molecule has 1 unspecified atom stereocenters. The van der Waals surface area contributed by atoms with Gasteiger partial charge >= 0.3 is 23.7 Å². The van der Waals surface area contributed by atoms with Gasteiger partial charge in [-0.1, -0.05) is 117 Å². The van der Waals surface area contributed by atoms with Gasteiger partial charge in [0.2, 0.25) is 0 Å². The topological polar surface area (TPSA) is 163 Å². The van der Waals surface area contributed by atoms with Gasteiger partial charge in [0.1, 0.15) is 12.2 Å². The lowest BCUT2D eigenvalue weighted by molar-refractivity contribution is -0.511. The van der Waals surface area contributed by atoms with Crippen LogP contribution in [0.5, 0.6) is 0 Å². The number of aliphatic hydroxyl groups excluding tert-OH is 3. The van der Waals surface area contributed by atoms with E-state index >= 15 is 0 Å².